The molecule has 2 heterocycles. The zero-order valence-corrected chi connectivity index (χ0v) is 11.5. The molecule has 5 nitrogen and oxygen atoms in total. The Morgan fingerprint density at radius 1 is 1.45 bits per heavy atom. The fraction of sp³-hybridized carbons (Fsp3) is 0.286. The highest BCUT2D eigenvalue weighted by Crippen LogP contribution is 2.22. The van der Waals surface area contributed by atoms with Gasteiger partial charge in [-0.1, -0.05) is 28.9 Å². The molecule has 0 radical (unpaired) electrons. The van der Waals surface area contributed by atoms with Gasteiger partial charge in [-0.25, -0.2) is 0 Å². The van der Waals surface area contributed by atoms with Crippen LogP contribution in [0.3, 0.4) is 0 Å². The van der Waals surface area contributed by atoms with E-state index in [1.54, 1.807) is 18.2 Å². The van der Waals surface area contributed by atoms with Gasteiger partial charge in [0.15, 0.2) is 0 Å². The summed E-state index contributed by atoms with van der Waals surface area (Å²) in [6, 6.07) is 8.88. The van der Waals surface area contributed by atoms with Crippen LogP contribution < -0.4 is 10.6 Å². The second-order valence-electron chi connectivity index (χ2n) is 4.82. The van der Waals surface area contributed by atoms with Gasteiger partial charge in [0, 0.05) is 42.2 Å². The Bertz CT molecular complexity index is 622. The summed E-state index contributed by atoms with van der Waals surface area (Å²) in [5, 5.41) is 10.5. The summed E-state index contributed by atoms with van der Waals surface area (Å²) in [5.74, 6) is 0.485. The highest BCUT2D eigenvalue weighted by Gasteiger charge is 2.19. The first-order valence-corrected chi connectivity index (χ1v) is 6.82. The van der Waals surface area contributed by atoms with Gasteiger partial charge in [0.05, 0.1) is 0 Å². The zero-order chi connectivity index (χ0) is 13.9. The Labute approximate surface area is 121 Å². The molecule has 3 rings (SSSR count). The summed E-state index contributed by atoms with van der Waals surface area (Å²) in [4.78, 5) is 11.9. The minimum Gasteiger partial charge on any atom is -0.350 e. The average molecular weight is 292 g/mol. The molecule has 0 aliphatic carbocycles. The molecule has 0 saturated carbocycles. The molecular weight excluding hydrogens is 278 g/mol. The first kappa shape index (κ1) is 13.1. The van der Waals surface area contributed by atoms with Gasteiger partial charge >= 0.3 is 0 Å². The predicted octanol–water partition coefficient (Wildman–Crippen LogP) is 1.94. The van der Waals surface area contributed by atoms with Crippen LogP contribution in [-0.4, -0.2) is 30.7 Å². The molecule has 1 saturated heterocycles. The molecule has 0 unspecified atom stereocenters. The van der Waals surface area contributed by atoms with Crippen molar-refractivity contribution in [3.8, 4) is 11.3 Å². The Kier molecular flexibility index (Phi) is 3.71. The molecule has 20 heavy (non-hydrogen) atoms. The molecule has 104 valence electrons. The summed E-state index contributed by atoms with van der Waals surface area (Å²) in [5.41, 5.74) is 1.42. The zero-order valence-electron chi connectivity index (χ0n) is 10.7. The maximum Gasteiger partial charge on any atom is 0.289 e. The van der Waals surface area contributed by atoms with Crippen molar-refractivity contribution < 1.29 is 9.32 Å². The van der Waals surface area contributed by atoms with Crippen molar-refractivity contribution >= 4 is 17.5 Å². The average Bonchev–Trinajstić information content (AvgIpc) is 2.86. The molecule has 0 spiro atoms. The van der Waals surface area contributed by atoms with Crippen LogP contribution in [-0.2, 0) is 0 Å². The van der Waals surface area contributed by atoms with E-state index in [4.69, 9.17) is 16.1 Å². The van der Waals surface area contributed by atoms with Crippen molar-refractivity contribution in [1.82, 2.24) is 15.8 Å². The number of rotatable bonds is 4. The quantitative estimate of drug-likeness (QED) is 0.903. The minimum absolute atomic E-state index is 0.215. The third-order valence-electron chi connectivity index (χ3n) is 3.27. The Balaban J connectivity index is 1.67. The van der Waals surface area contributed by atoms with Crippen LogP contribution in [0.5, 0.6) is 0 Å². The third-order valence-corrected chi connectivity index (χ3v) is 3.51. The first-order valence-electron chi connectivity index (χ1n) is 6.44. The van der Waals surface area contributed by atoms with Gasteiger partial charge in [0.2, 0.25) is 5.76 Å². The summed E-state index contributed by atoms with van der Waals surface area (Å²) in [6.45, 7) is 2.55. The topological polar surface area (TPSA) is 67.2 Å². The molecule has 1 amide bonds. The molecule has 2 N–H and O–H groups in total. The SMILES string of the molecule is O=C(NCC1CNC1)c1cc(-c2cccc(Cl)c2)no1. The van der Waals surface area contributed by atoms with Gasteiger partial charge in [0.1, 0.15) is 5.69 Å². The number of benzene rings is 1. The summed E-state index contributed by atoms with van der Waals surface area (Å²) in [6.07, 6.45) is 0. The molecule has 0 atom stereocenters. The van der Waals surface area contributed by atoms with Gasteiger partial charge in [-0.05, 0) is 12.1 Å². The number of hydrogen-bond acceptors (Lipinski definition) is 4. The number of carbonyl (C=O) groups excluding carboxylic acids is 1. The van der Waals surface area contributed by atoms with Crippen molar-refractivity contribution in [2.75, 3.05) is 19.6 Å². The van der Waals surface area contributed by atoms with E-state index in [0.717, 1.165) is 18.7 Å². The Hall–Kier alpha value is -1.85. The second kappa shape index (κ2) is 5.64. The molecule has 6 heteroatoms. The molecule has 1 aliphatic rings. The number of carbonyl (C=O) groups is 1. The number of halogens is 1. The smallest absolute Gasteiger partial charge is 0.289 e. The van der Waals surface area contributed by atoms with Gasteiger partial charge in [0.25, 0.3) is 5.91 Å². The standard InChI is InChI=1S/C14H14ClN3O2/c15-11-3-1-2-10(4-11)12-5-13(20-18-12)14(19)17-8-9-6-16-7-9/h1-5,9,16H,6-8H2,(H,17,19). The minimum atomic E-state index is -0.238. The van der Waals surface area contributed by atoms with E-state index in [1.807, 2.05) is 12.1 Å². The fourth-order valence-corrected chi connectivity index (χ4v) is 2.17. The van der Waals surface area contributed by atoms with Crippen molar-refractivity contribution in [3.05, 3.63) is 41.1 Å². The van der Waals surface area contributed by atoms with Crippen LogP contribution in [0.1, 0.15) is 10.6 Å². The summed E-state index contributed by atoms with van der Waals surface area (Å²) < 4.78 is 5.08. The lowest BCUT2D eigenvalue weighted by atomic mass is 10.0. The van der Waals surface area contributed by atoms with Crippen LogP contribution in [0.25, 0.3) is 11.3 Å². The molecule has 0 bridgehead atoms. The lowest BCUT2D eigenvalue weighted by Crippen LogP contribution is -2.48. The largest absolute Gasteiger partial charge is 0.350 e. The number of nitrogens with zero attached hydrogens (tertiary/aromatic N) is 1. The fourth-order valence-electron chi connectivity index (χ4n) is 1.98. The monoisotopic (exact) mass is 291 g/mol. The predicted molar refractivity (Wildman–Crippen MR) is 75.6 cm³/mol. The Morgan fingerprint density at radius 3 is 3.00 bits per heavy atom. The first-order chi connectivity index (χ1) is 9.72. The maximum atomic E-state index is 11.9. The molecule has 1 aromatic heterocycles. The van der Waals surface area contributed by atoms with Gasteiger partial charge in [-0.3, -0.25) is 4.79 Å². The molecule has 2 aromatic rings. The van der Waals surface area contributed by atoms with E-state index in [-0.39, 0.29) is 11.7 Å². The van der Waals surface area contributed by atoms with E-state index in [1.165, 1.54) is 0 Å². The lowest BCUT2D eigenvalue weighted by molar-refractivity contribution is 0.0905. The lowest BCUT2D eigenvalue weighted by Gasteiger charge is -2.26. The van der Waals surface area contributed by atoms with Crippen molar-refractivity contribution in [2.45, 2.75) is 0 Å². The number of aromatic nitrogens is 1. The van der Waals surface area contributed by atoms with Gasteiger partial charge in [-0.15, -0.1) is 0 Å². The third kappa shape index (κ3) is 2.84. The van der Waals surface area contributed by atoms with E-state index in [0.29, 0.717) is 23.2 Å². The summed E-state index contributed by atoms with van der Waals surface area (Å²) >= 11 is 5.93. The highest BCUT2D eigenvalue weighted by molar-refractivity contribution is 6.30. The number of hydrogen-bond donors (Lipinski definition) is 2. The summed E-state index contributed by atoms with van der Waals surface area (Å²) in [7, 11) is 0. The molecule has 1 fully saturated rings. The van der Waals surface area contributed by atoms with Crippen molar-refractivity contribution in [2.24, 2.45) is 5.92 Å². The van der Waals surface area contributed by atoms with Crippen LogP contribution >= 0.6 is 11.6 Å². The van der Waals surface area contributed by atoms with Crippen LogP contribution in [0, 0.1) is 5.92 Å². The van der Waals surface area contributed by atoms with Crippen LogP contribution in [0.4, 0.5) is 0 Å². The molecular formula is C14H14ClN3O2. The van der Waals surface area contributed by atoms with E-state index >= 15 is 0 Å². The van der Waals surface area contributed by atoms with E-state index < -0.39 is 0 Å². The van der Waals surface area contributed by atoms with Crippen molar-refractivity contribution in [1.29, 1.82) is 0 Å². The van der Waals surface area contributed by atoms with Crippen molar-refractivity contribution in [3.63, 3.8) is 0 Å². The van der Waals surface area contributed by atoms with Crippen LogP contribution in [0.2, 0.25) is 5.02 Å². The van der Waals surface area contributed by atoms with Gasteiger partial charge < -0.3 is 15.2 Å². The van der Waals surface area contributed by atoms with Crippen LogP contribution in [0.15, 0.2) is 34.9 Å². The van der Waals surface area contributed by atoms with Gasteiger partial charge in [-0.2, -0.15) is 0 Å². The molecule has 1 aromatic carbocycles. The van der Waals surface area contributed by atoms with E-state index in [2.05, 4.69) is 15.8 Å². The van der Waals surface area contributed by atoms with E-state index in [9.17, 15) is 4.79 Å². The highest BCUT2D eigenvalue weighted by atomic mass is 35.5. The Morgan fingerprint density at radius 2 is 2.30 bits per heavy atom. The number of nitrogens with one attached hydrogen (secondary N) is 2. The second-order valence-corrected chi connectivity index (χ2v) is 5.26. The maximum absolute atomic E-state index is 11.9. The number of amides is 1. The molecule has 1 aliphatic heterocycles. The normalized spacial score (nSPS) is 14.8.